The van der Waals surface area contributed by atoms with E-state index in [1.807, 2.05) is 0 Å². The maximum Gasteiger partial charge on any atom is 0.418 e. The highest BCUT2D eigenvalue weighted by Crippen LogP contribution is 2.43. The quantitative estimate of drug-likeness (QED) is 0.801. The number of Topliss-reactive ketones (excluding diaryl/α,β-unsaturated/α-hetero) is 1. The van der Waals surface area contributed by atoms with E-state index in [4.69, 9.17) is 23.2 Å². The van der Waals surface area contributed by atoms with Crippen LogP contribution in [0.25, 0.3) is 0 Å². The van der Waals surface area contributed by atoms with Crippen LogP contribution in [0.4, 0.5) is 18.9 Å². The van der Waals surface area contributed by atoms with Crippen LogP contribution >= 0.6 is 23.2 Å². The third kappa shape index (κ3) is 4.05. The van der Waals surface area contributed by atoms with Crippen LogP contribution in [0, 0.1) is 0 Å². The fraction of sp³-hybridized carbons (Fsp3) is 0.417. The molecule has 22 heavy (non-hydrogen) atoms. The molecular weight excluding hydrogens is 366 g/mol. The third-order valence-corrected chi connectivity index (χ3v) is 5.06. The van der Waals surface area contributed by atoms with Gasteiger partial charge >= 0.3 is 6.18 Å². The van der Waals surface area contributed by atoms with Crippen molar-refractivity contribution in [3.63, 3.8) is 0 Å². The van der Waals surface area contributed by atoms with E-state index < -0.39 is 43.9 Å². The third-order valence-electron chi connectivity index (χ3n) is 3.06. The average molecular weight is 376 g/mol. The molecule has 0 saturated heterocycles. The molecule has 1 aliphatic carbocycles. The molecule has 1 aromatic rings. The zero-order chi connectivity index (χ0) is 16.8. The molecular formula is C12H10Cl2F3NO3S. The summed E-state index contributed by atoms with van der Waals surface area (Å²) in [6.45, 7) is 0. The second-order valence-corrected chi connectivity index (χ2v) is 7.82. The Balaban J connectivity index is 2.24. The second kappa shape index (κ2) is 5.58. The van der Waals surface area contributed by atoms with Gasteiger partial charge in [0.25, 0.3) is 0 Å². The molecule has 0 amide bonds. The van der Waals surface area contributed by atoms with Gasteiger partial charge < -0.3 is 0 Å². The SMILES string of the molecule is O=C(CS(=O)(=O)Nc1ccc(Cl)cc1C(F)(F)F)C1(Cl)CC1. The Morgan fingerprint density at radius 3 is 2.41 bits per heavy atom. The molecule has 0 radical (unpaired) electrons. The molecule has 1 aromatic carbocycles. The van der Waals surface area contributed by atoms with Crippen LogP contribution in [0.15, 0.2) is 18.2 Å². The fourth-order valence-corrected chi connectivity index (χ4v) is 3.35. The standard InChI is InChI=1S/C12H10Cl2F3NO3S/c13-7-1-2-9(8(5-7)12(15,16)17)18-22(20,21)6-10(19)11(14)3-4-11/h1-2,5,18H,3-4,6H2. The topological polar surface area (TPSA) is 63.2 Å². The number of ketones is 1. The lowest BCUT2D eigenvalue weighted by molar-refractivity contribution is -0.136. The molecule has 1 saturated carbocycles. The van der Waals surface area contributed by atoms with Gasteiger partial charge in [0.2, 0.25) is 10.0 Å². The first-order valence-corrected chi connectivity index (χ1v) is 8.43. The number of nitrogens with one attached hydrogen (secondary N) is 1. The summed E-state index contributed by atoms with van der Waals surface area (Å²) in [5, 5.41) is -0.191. The minimum absolute atomic E-state index is 0.191. The van der Waals surface area contributed by atoms with Crippen molar-refractivity contribution in [2.24, 2.45) is 0 Å². The summed E-state index contributed by atoms with van der Waals surface area (Å²) in [4.78, 5) is 10.5. The second-order valence-electron chi connectivity index (χ2n) is 4.94. The van der Waals surface area contributed by atoms with Gasteiger partial charge in [0, 0.05) is 5.02 Å². The van der Waals surface area contributed by atoms with Gasteiger partial charge in [0.15, 0.2) is 5.78 Å². The molecule has 0 unspecified atom stereocenters. The lowest BCUT2D eigenvalue weighted by Crippen LogP contribution is -2.29. The molecule has 4 nitrogen and oxygen atoms in total. The van der Waals surface area contributed by atoms with Gasteiger partial charge in [-0.15, -0.1) is 11.6 Å². The van der Waals surface area contributed by atoms with E-state index in [1.165, 1.54) is 0 Å². The summed E-state index contributed by atoms with van der Waals surface area (Å²) in [5.74, 6) is -1.71. The van der Waals surface area contributed by atoms with Crippen molar-refractivity contribution >= 4 is 44.7 Å². The smallest absolute Gasteiger partial charge is 0.296 e. The normalized spacial score (nSPS) is 17.1. The number of anilines is 1. The molecule has 1 aliphatic rings. The molecule has 0 atom stereocenters. The summed E-state index contributed by atoms with van der Waals surface area (Å²) in [5.41, 5.74) is -1.92. The predicted octanol–water partition coefficient (Wildman–Crippen LogP) is 3.44. The summed E-state index contributed by atoms with van der Waals surface area (Å²) < 4.78 is 64.1. The average Bonchev–Trinajstić information content (AvgIpc) is 3.09. The maximum absolute atomic E-state index is 12.9. The van der Waals surface area contributed by atoms with Crippen molar-refractivity contribution in [2.45, 2.75) is 23.9 Å². The van der Waals surface area contributed by atoms with Crippen molar-refractivity contribution in [2.75, 3.05) is 10.5 Å². The summed E-state index contributed by atoms with van der Waals surface area (Å²) in [6.07, 6.45) is -4.08. The van der Waals surface area contributed by atoms with E-state index >= 15 is 0 Å². The van der Waals surface area contributed by atoms with Crippen molar-refractivity contribution < 1.29 is 26.4 Å². The summed E-state index contributed by atoms with van der Waals surface area (Å²) in [7, 11) is -4.30. The van der Waals surface area contributed by atoms with E-state index in [0.29, 0.717) is 18.9 Å². The lowest BCUT2D eigenvalue weighted by Gasteiger charge is -2.15. The number of hydrogen-bond donors (Lipinski definition) is 1. The molecule has 0 spiro atoms. The minimum Gasteiger partial charge on any atom is -0.296 e. The molecule has 1 fully saturated rings. The first-order valence-electron chi connectivity index (χ1n) is 6.02. The number of hydrogen-bond acceptors (Lipinski definition) is 3. The van der Waals surface area contributed by atoms with Crippen LogP contribution in [0.3, 0.4) is 0 Å². The van der Waals surface area contributed by atoms with E-state index in [0.717, 1.165) is 12.1 Å². The highest BCUT2D eigenvalue weighted by molar-refractivity contribution is 7.93. The Labute approximate surface area is 134 Å². The van der Waals surface area contributed by atoms with E-state index in [9.17, 15) is 26.4 Å². The number of carbonyl (C=O) groups excluding carboxylic acids is 1. The van der Waals surface area contributed by atoms with Gasteiger partial charge in [-0.05, 0) is 31.0 Å². The van der Waals surface area contributed by atoms with Crippen molar-refractivity contribution in [1.29, 1.82) is 0 Å². The van der Waals surface area contributed by atoms with Crippen LogP contribution in [-0.2, 0) is 21.0 Å². The molecule has 10 heteroatoms. The number of alkyl halides is 4. The van der Waals surface area contributed by atoms with Gasteiger partial charge in [-0.25, -0.2) is 8.42 Å². The fourth-order valence-electron chi connectivity index (χ4n) is 1.73. The molecule has 0 bridgehead atoms. The first-order chi connectivity index (χ1) is 9.93. The van der Waals surface area contributed by atoms with Gasteiger partial charge in [0.05, 0.1) is 11.3 Å². The van der Waals surface area contributed by atoms with Gasteiger partial charge in [0.1, 0.15) is 10.6 Å². The summed E-state index contributed by atoms with van der Waals surface area (Å²) in [6, 6.07) is 2.60. The Kier molecular flexibility index (Phi) is 4.40. The molecule has 0 aromatic heterocycles. The molecule has 0 aliphatic heterocycles. The Morgan fingerprint density at radius 2 is 1.91 bits per heavy atom. The number of rotatable bonds is 5. The molecule has 2 rings (SSSR count). The predicted molar refractivity (Wildman–Crippen MR) is 76.7 cm³/mol. The van der Waals surface area contributed by atoms with Crippen molar-refractivity contribution in [3.8, 4) is 0 Å². The van der Waals surface area contributed by atoms with Gasteiger partial charge in [-0.3, -0.25) is 9.52 Å². The summed E-state index contributed by atoms with van der Waals surface area (Å²) >= 11 is 11.3. The van der Waals surface area contributed by atoms with E-state index in [1.54, 1.807) is 4.72 Å². The van der Waals surface area contributed by atoms with Crippen molar-refractivity contribution in [1.82, 2.24) is 0 Å². The number of halogens is 5. The van der Waals surface area contributed by atoms with Crippen LogP contribution < -0.4 is 4.72 Å². The largest absolute Gasteiger partial charge is 0.418 e. The monoisotopic (exact) mass is 375 g/mol. The Bertz CT molecular complexity index is 715. The van der Waals surface area contributed by atoms with Gasteiger partial charge in [-0.1, -0.05) is 11.6 Å². The Hall–Kier alpha value is -0.990. The number of sulfonamides is 1. The van der Waals surface area contributed by atoms with Gasteiger partial charge in [-0.2, -0.15) is 13.2 Å². The van der Waals surface area contributed by atoms with Crippen molar-refractivity contribution in [3.05, 3.63) is 28.8 Å². The molecule has 0 heterocycles. The van der Waals surface area contributed by atoms with Crippen LogP contribution in [0.1, 0.15) is 18.4 Å². The number of carbonyl (C=O) groups is 1. The zero-order valence-electron chi connectivity index (χ0n) is 10.9. The molecule has 1 N–H and O–H groups in total. The Morgan fingerprint density at radius 1 is 1.32 bits per heavy atom. The molecule has 122 valence electrons. The van der Waals surface area contributed by atoms with E-state index in [2.05, 4.69) is 0 Å². The van der Waals surface area contributed by atoms with E-state index in [-0.39, 0.29) is 5.02 Å². The van der Waals surface area contributed by atoms with Crippen LogP contribution in [0.5, 0.6) is 0 Å². The first kappa shape index (κ1) is 17.4. The maximum atomic E-state index is 12.9. The minimum atomic E-state index is -4.79. The van der Waals surface area contributed by atoms with Crippen LogP contribution in [-0.4, -0.2) is 24.8 Å². The lowest BCUT2D eigenvalue weighted by atomic mass is 10.2. The van der Waals surface area contributed by atoms with Crippen LogP contribution in [0.2, 0.25) is 5.02 Å². The number of benzene rings is 1. The highest BCUT2D eigenvalue weighted by Gasteiger charge is 2.49. The highest BCUT2D eigenvalue weighted by atomic mass is 35.5. The zero-order valence-corrected chi connectivity index (χ0v) is 13.2.